The molecule has 1 aromatic rings. The first-order chi connectivity index (χ1) is 6.88. The molecule has 82 valence electrons. The van der Waals surface area contributed by atoms with E-state index in [1.165, 1.54) is 6.92 Å². The monoisotopic (exact) mass is 231 g/mol. The maximum absolute atomic E-state index is 11.5. The van der Waals surface area contributed by atoms with Crippen molar-refractivity contribution >= 4 is 21.3 Å². The first kappa shape index (κ1) is 11.4. The number of hydrogen-bond donors (Lipinski definition) is 1. The van der Waals surface area contributed by atoms with Crippen LogP contribution in [-0.4, -0.2) is 24.1 Å². The predicted octanol–water partition coefficient (Wildman–Crippen LogP) is 0.366. The maximum atomic E-state index is 11.5. The molecule has 7 nitrogen and oxygen atoms in total. The average Bonchev–Trinajstić information content (AvgIpc) is 2.17. The Morgan fingerprint density at radius 1 is 1.60 bits per heavy atom. The summed E-state index contributed by atoms with van der Waals surface area (Å²) in [5.41, 5.74) is 4.95. The van der Waals surface area contributed by atoms with Gasteiger partial charge in [0, 0.05) is 6.07 Å². The zero-order valence-electron chi connectivity index (χ0n) is 7.87. The van der Waals surface area contributed by atoms with Crippen molar-refractivity contribution in [3.63, 3.8) is 0 Å². The van der Waals surface area contributed by atoms with E-state index in [2.05, 4.69) is 4.98 Å². The van der Waals surface area contributed by atoms with Gasteiger partial charge in [-0.3, -0.25) is 10.1 Å². The van der Waals surface area contributed by atoms with Crippen LogP contribution < -0.4 is 5.73 Å². The molecule has 0 bridgehead atoms. The van der Waals surface area contributed by atoms with Crippen molar-refractivity contribution in [2.24, 2.45) is 0 Å². The van der Waals surface area contributed by atoms with Crippen LogP contribution in [0, 0.1) is 10.1 Å². The van der Waals surface area contributed by atoms with Crippen LogP contribution in [-0.2, 0) is 9.84 Å². The minimum Gasteiger partial charge on any atom is -0.383 e. The zero-order chi connectivity index (χ0) is 11.6. The number of nitrogens with zero attached hydrogens (tertiary/aromatic N) is 2. The lowest BCUT2D eigenvalue weighted by Gasteiger charge is -2.03. The third kappa shape index (κ3) is 2.21. The van der Waals surface area contributed by atoms with Crippen molar-refractivity contribution in [2.45, 2.75) is 11.8 Å². The predicted molar refractivity (Wildman–Crippen MR) is 53.0 cm³/mol. The molecule has 8 heteroatoms. The van der Waals surface area contributed by atoms with Crippen molar-refractivity contribution < 1.29 is 13.3 Å². The standard InChI is InChI=1S/C7H9N3O4S/c1-2-15(13,14)6-3-5(10(11)12)4-9-7(6)8/h3-4H,2H2,1H3,(H2,8,9). The second-order valence-corrected chi connectivity index (χ2v) is 4.98. The lowest BCUT2D eigenvalue weighted by molar-refractivity contribution is -0.385. The van der Waals surface area contributed by atoms with Crippen LogP contribution in [0.3, 0.4) is 0 Å². The maximum Gasteiger partial charge on any atom is 0.289 e. The van der Waals surface area contributed by atoms with Crippen LogP contribution in [0.5, 0.6) is 0 Å². The molecular weight excluding hydrogens is 222 g/mol. The molecule has 0 unspecified atom stereocenters. The van der Waals surface area contributed by atoms with Gasteiger partial charge in [0.15, 0.2) is 9.84 Å². The minimum atomic E-state index is -3.58. The van der Waals surface area contributed by atoms with E-state index < -0.39 is 20.4 Å². The molecule has 0 fully saturated rings. The Kier molecular flexibility index (Phi) is 2.89. The van der Waals surface area contributed by atoms with Gasteiger partial charge < -0.3 is 5.73 Å². The first-order valence-corrected chi connectivity index (χ1v) is 5.66. The number of pyridine rings is 1. The Labute approximate surface area is 86.0 Å². The van der Waals surface area contributed by atoms with Crippen LogP contribution in [0.25, 0.3) is 0 Å². The lowest BCUT2D eigenvalue weighted by atomic mass is 10.4. The number of rotatable bonds is 3. The van der Waals surface area contributed by atoms with E-state index >= 15 is 0 Å². The second-order valence-electron chi connectivity index (χ2n) is 2.74. The molecule has 0 aliphatic heterocycles. The summed E-state index contributed by atoms with van der Waals surface area (Å²) >= 11 is 0. The molecule has 1 heterocycles. The Bertz CT molecular complexity index is 497. The summed E-state index contributed by atoms with van der Waals surface area (Å²) in [6.45, 7) is 1.42. The summed E-state index contributed by atoms with van der Waals surface area (Å²) in [5, 5.41) is 10.4. The van der Waals surface area contributed by atoms with E-state index in [1.54, 1.807) is 0 Å². The molecule has 2 N–H and O–H groups in total. The smallest absolute Gasteiger partial charge is 0.289 e. The lowest BCUT2D eigenvalue weighted by Crippen LogP contribution is -2.09. The van der Waals surface area contributed by atoms with E-state index in [1.807, 2.05) is 0 Å². The number of nitro groups is 1. The summed E-state index contributed by atoms with van der Waals surface area (Å²) in [6.07, 6.45) is 0.921. The van der Waals surface area contributed by atoms with Gasteiger partial charge in [-0.05, 0) is 0 Å². The van der Waals surface area contributed by atoms with Crippen molar-refractivity contribution in [3.05, 3.63) is 22.4 Å². The summed E-state index contributed by atoms with van der Waals surface area (Å²) < 4.78 is 22.9. The van der Waals surface area contributed by atoms with Crippen LogP contribution in [0.1, 0.15) is 6.92 Å². The molecule has 0 saturated heterocycles. The number of nitrogens with two attached hydrogens (primary N) is 1. The number of nitrogen functional groups attached to an aromatic ring is 1. The average molecular weight is 231 g/mol. The summed E-state index contributed by atoms with van der Waals surface area (Å²) in [4.78, 5) is 12.9. The number of hydrogen-bond acceptors (Lipinski definition) is 6. The van der Waals surface area contributed by atoms with E-state index in [9.17, 15) is 18.5 Å². The fourth-order valence-electron chi connectivity index (χ4n) is 0.949. The normalized spacial score (nSPS) is 11.3. The zero-order valence-corrected chi connectivity index (χ0v) is 8.69. The Morgan fingerprint density at radius 3 is 2.67 bits per heavy atom. The highest BCUT2D eigenvalue weighted by Crippen LogP contribution is 2.22. The third-order valence-electron chi connectivity index (χ3n) is 1.79. The van der Waals surface area contributed by atoms with Gasteiger partial charge in [0.25, 0.3) is 5.69 Å². The van der Waals surface area contributed by atoms with Gasteiger partial charge in [-0.25, -0.2) is 13.4 Å². The van der Waals surface area contributed by atoms with E-state index in [4.69, 9.17) is 5.73 Å². The van der Waals surface area contributed by atoms with Crippen LogP contribution in [0.2, 0.25) is 0 Å². The molecule has 0 aliphatic rings. The van der Waals surface area contributed by atoms with Crippen LogP contribution >= 0.6 is 0 Å². The third-order valence-corrected chi connectivity index (χ3v) is 3.55. The molecule has 15 heavy (non-hydrogen) atoms. The summed E-state index contributed by atoms with van der Waals surface area (Å²) in [6, 6.07) is 0.918. The van der Waals surface area contributed by atoms with Crippen molar-refractivity contribution in [2.75, 3.05) is 11.5 Å². The largest absolute Gasteiger partial charge is 0.383 e. The summed E-state index contributed by atoms with van der Waals surface area (Å²) in [7, 11) is -3.58. The highest BCUT2D eigenvalue weighted by Gasteiger charge is 2.20. The molecule has 0 radical (unpaired) electrons. The number of aromatic nitrogens is 1. The number of sulfone groups is 1. The molecule has 0 atom stereocenters. The quantitative estimate of drug-likeness (QED) is 0.593. The highest BCUT2D eigenvalue weighted by atomic mass is 32.2. The van der Waals surface area contributed by atoms with Crippen molar-refractivity contribution in [3.8, 4) is 0 Å². The fourth-order valence-corrected chi connectivity index (χ4v) is 1.93. The van der Waals surface area contributed by atoms with Crippen LogP contribution in [0.4, 0.5) is 11.5 Å². The van der Waals surface area contributed by atoms with Crippen molar-refractivity contribution in [1.82, 2.24) is 4.98 Å². The topological polar surface area (TPSA) is 116 Å². The van der Waals surface area contributed by atoms with Gasteiger partial charge in [0.2, 0.25) is 0 Å². The molecule has 1 aromatic heterocycles. The van der Waals surface area contributed by atoms with E-state index in [-0.39, 0.29) is 16.5 Å². The molecular formula is C7H9N3O4S. The van der Waals surface area contributed by atoms with Gasteiger partial charge in [-0.15, -0.1) is 0 Å². The molecule has 0 spiro atoms. The summed E-state index contributed by atoms with van der Waals surface area (Å²) in [5.74, 6) is -0.400. The van der Waals surface area contributed by atoms with Crippen LogP contribution in [0.15, 0.2) is 17.2 Å². The molecule has 0 amide bonds. The Hall–Kier alpha value is -1.70. The van der Waals surface area contributed by atoms with Gasteiger partial charge in [0.05, 0.1) is 10.7 Å². The molecule has 0 aliphatic carbocycles. The molecule has 1 rings (SSSR count). The molecule has 0 saturated carbocycles. The van der Waals surface area contributed by atoms with Gasteiger partial charge in [-0.2, -0.15) is 0 Å². The molecule has 0 aromatic carbocycles. The van der Waals surface area contributed by atoms with E-state index in [0.29, 0.717) is 0 Å². The number of anilines is 1. The van der Waals surface area contributed by atoms with Gasteiger partial charge in [0.1, 0.15) is 16.9 Å². The SMILES string of the molecule is CCS(=O)(=O)c1cc([N+](=O)[O-])cnc1N. The fraction of sp³-hybridized carbons (Fsp3) is 0.286. The first-order valence-electron chi connectivity index (χ1n) is 4.01. The second kappa shape index (κ2) is 3.81. The van der Waals surface area contributed by atoms with Gasteiger partial charge in [-0.1, -0.05) is 6.92 Å². The minimum absolute atomic E-state index is 0.181. The Balaban J connectivity index is 3.42. The highest BCUT2D eigenvalue weighted by molar-refractivity contribution is 7.91. The van der Waals surface area contributed by atoms with Gasteiger partial charge >= 0.3 is 0 Å². The van der Waals surface area contributed by atoms with Crippen molar-refractivity contribution in [1.29, 1.82) is 0 Å². The van der Waals surface area contributed by atoms with E-state index in [0.717, 1.165) is 12.3 Å². The Morgan fingerprint density at radius 2 is 2.20 bits per heavy atom.